The molecule has 0 saturated carbocycles. The molecule has 1 N–H and O–H groups in total. The molecular weight excluding hydrogens is 357 g/mol. The average Bonchev–Trinajstić information content (AvgIpc) is 1.88. The van der Waals surface area contributed by atoms with Crippen molar-refractivity contribution in [2.45, 2.75) is 0 Å². The zero-order valence-corrected chi connectivity index (χ0v) is 12.2. The third kappa shape index (κ3) is 2.80. The minimum atomic E-state index is -0.418. The second-order valence-electron chi connectivity index (χ2n) is 1.82. The maximum absolute atomic E-state index is 10.6. The van der Waals surface area contributed by atoms with Gasteiger partial charge in [-0.05, 0) is 12.1 Å². The number of thiol groups is 1. The molecule has 2 nitrogen and oxygen atoms in total. The van der Waals surface area contributed by atoms with Gasteiger partial charge in [-0.3, -0.25) is 4.79 Å². The van der Waals surface area contributed by atoms with Crippen LogP contribution in [0.15, 0.2) is 24.3 Å². The van der Waals surface area contributed by atoms with Gasteiger partial charge in [-0.1, -0.05) is 12.1 Å². The molecule has 0 radical (unpaired) electrons. The number of para-hydroxylation sites is 1. The van der Waals surface area contributed by atoms with Gasteiger partial charge in [-0.25, -0.2) is 0 Å². The fraction of sp³-hybridized carbons (Fsp3) is 0. The summed E-state index contributed by atoms with van der Waals surface area (Å²) in [5.74, 6) is -0.0255. The molecule has 0 atom stereocenters. The quantitative estimate of drug-likeness (QED) is 0.554. The molecule has 60 valence electrons. The first kappa shape index (κ1) is 10.9. The average molecular weight is 366 g/mol. The summed E-state index contributed by atoms with van der Waals surface area (Å²) in [7, 11) is 0. The van der Waals surface area contributed by atoms with Crippen LogP contribution in [0.2, 0.25) is 0 Å². The van der Waals surface area contributed by atoms with Gasteiger partial charge in [-0.15, -0.1) is 12.6 Å². The Balaban J connectivity index is 0.000001000. The summed E-state index contributed by atoms with van der Waals surface area (Å²) in [6, 6.07) is 6.28. The van der Waals surface area contributed by atoms with Crippen molar-refractivity contribution in [3.05, 3.63) is 29.8 Å². The second-order valence-corrected chi connectivity index (χ2v) is 2.23. The molecule has 0 bridgehead atoms. The normalized spacial score (nSPS) is 8.45. The fourth-order valence-corrected chi connectivity index (χ4v) is 0.844. The van der Waals surface area contributed by atoms with Crippen molar-refractivity contribution < 1.29 is 9.90 Å². The molecule has 0 aromatic heterocycles. The van der Waals surface area contributed by atoms with Crippen molar-refractivity contribution in [1.82, 2.24) is 0 Å². The molecule has 0 aliphatic carbocycles. The summed E-state index contributed by atoms with van der Waals surface area (Å²) in [6.45, 7) is 0. The summed E-state index contributed by atoms with van der Waals surface area (Å²) in [5, 5.41) is 8.59. The first-order valence-corrected chi connectivity index (χ1v) is 3.18. The van der Waals surface area contributed by atoms with Crippen LogP contribution in [0.3, 0.4) is 0 Å². The van der Waals surface area contributed by atoms with Crippen LogP contribution < -0.4 is 0 Å². The Morgan fingerprint density at radius 1 is 1.36 bits per heavy atom. The minimum absolute atomic E-state index is 0. The molecule has 1 rings (SSSR count). The summed E-state index contributed by atoms with van der Waals surface area (Å²) < 4.78 is 0. The van der Waals surface area contributed by atoms with Crippen LogP contribution in [0.4, 0.5) is 0 Å². The third-order valence-corrected chi connectivity index (χ3v) is 1.38. The van der Waals surface area contributed by atoms with Crippen LogP contribution in [0.1, 0.15) is 10.4 Å². The first-order valence-electron chi connectivity index (χ1n) is 2.73. The molecule has 1 aromatic rings. The van der Waals surface area contributed by atoms with E-state index in [-0.39, 0.29) is 37.5 Å². The van der Waals surface area contributed by atoms with Crippen LogP contribution in [0.25, 0.3) is 0 Å². The molecule has 0 amide bonds. The zero-order chi connectivity index (χ0) is 7.56. The van der Waals surface area contributed by atoms with E-state index in [1.165, 1.54) is 12.1 Å². The molecule has 0 fully saturated rings. The Hall–Kier alpha value is -0.0769. The molecular formula is C7H9BiO2S. The molecule has 0 spiro atoms. The molecule has 1 aromatic carbocycles. The van der Waals surface area contributed by atoms with Crippen molar-refractivity contribution >= 4 is 43.9 Å². The molecule has 11 heavy (non-hydrogen) atoms. The van der Waals surface area contributed by atoms with Crippen molar-refractivity contribution in [1.29, 1.82) is 0 Å². The number of carbonyl (C=O) groups is 1. The summed E-state index contributed by atoms with van der Waals surface area (Å²) in [6.07, 6.45) is 0. The number of rotatable bonds is 1. The van der Waals surface area contributed by atoms with Crippen LogP contribution in [-0.2, 0) is 0 Å². The van der Waals surface area contributed by atoms with Gasteiger partial charge in [0.05, 0.1) is 5.56 Å². The van der Waals surface area contributed by atoms with E-state index in [0.29, 0.717) is 0 Å². The Morgan fingerprint density at radius 3 is 2.27 bits per heavy atom. The number of phenolic OH excluding ortho intramolecular Hbond substituents is 1. The van der Waals surface area contributed by atoms with Gasteiger partial charge in [-0.2, -0.15) is 0 Å². The van der Waals surface area contributed by atoms with E-state index in [9.17, 15) is 4.79 Å². The van der Waals surface area contributed by atoms with Crippen LogP contribution in [0, 0.1) is 0 Å². The summed E-state index contributed by atoms with van der Waals surface area (Å²) in [5.41, 5.74) is 0.242. The Labute approximate surface area is 89.2 Å². The van der Waals surface area contributed by atoms with Crippen LogP contribution in [0.5, 0.6) is 5.75 Å². The topological polar surface area (TPSA) is 37.3 Å². The zero-order valence-electron chi connectivity index (χ0n) is 5.82. The summed E-state index contributed by atoms with van der Waals surface area (Å²) in [4.78, 5) is 10.6. The van der Waals surface area contributed by atoms with Crippen molar-refractivity contribution in [2.24, 2.45) is 0 Å². The van der Waals surface area contributed by atoms with Crippen molar-refractivity contribution in [3.8, 4) is 5.75 Å². The molecule has 0 aliphatic heterocycles. The van der Waals surface area contributed by atoms with E-state index >= 15 is 0 Å². The van der Waals surface area contributed by atoms with Gasteiger partial charge >= 0.3 is 26.2 Å². The predicted octanol–water partition coefficient (Wildman–Crippen LogP) is 0.278. The molecule has 0 heterocycles. The fourth-order valence-electron chi connectivity index (χ4n) is 0.654. The molecule has 0 aliphatic rings. The Bertz CT molecular complexity index is 262. The van der Waals surface area contributed by atoms with Gasteiger partial charge in [0.25, 0.3) is 0 Å². The number of phenols is 1. The molecule has 4 heteroatoms. The monoisotopic (exact) mass is 366 g/mol. The van der Waals surface area contributed by atoms with E-state index in [0.717, 1.165) is 0 Å². The number of hydrogen-bond donors (Lipinski definition) is 2. The van der Waals surface area contributed by atoms with E-state index in [4.69, 9.17) is 5.11 Å². The van der Waals surface area contributed by atoms with E-state index in [2.05, 4.69) is 12.6 Å². The number of aromatic hydroxyl groups is 1. The van der Waals surface area contributed by atoms with Gasteiger partial charge in [0.2, 0.25) is 5.12 Å². The standard InChI is InChI=1S/C7H6O2S.Bi.3H/c8-6-4-2-1-3-5(6)7(9)10;;;;/h1-4,8H,(H,9,10);;;;. The van der Waals surface area contributed by atoms with E-state index < -0.39 is 5.12 Å². The second kappa shape index (κ2) is 4.73. The molecule has 0 saturated heterocycles. The number of hydrogen-bond acceptors (Lipinski definition) is 2. The third-order valence-electron chi connectivity index (χ3n) is 1.13. The molecule has 0 unspecified atom stereocenters. The van der Waals surface area contributed by atoms with Gasteiger partial charge in [0, 0.05) is 0 Å². The van der Waals surface area contributed by atoms with E-state index in [1.807, 2.05) is 0 Å². The Kier molecular flexibility index (Phi) is 4.70. The van der Waals surface area contributed by atoms with Gasteiger partial charge in [0.1, 0.15) is 5.75 Å². The van der Waals surface area contributed by atoms with E-state index in [1.54, 1.807) is 12.1 Å². The van der Waals surface area contributed by atoms with Crippen molar-refractivity contribution in [3.63, 3.8) is 0 Å². The SMILES string of the molecule is O=C(S)c1ccccc1O.[BiH3]. The van der Waals surface area contributed by atoms with Crippen molar-refractivity contribution in [2.75, 3.05) is 0 Å². The Morgan fingerprint density at radius 2 is 1.91 bits per heavy atom. The summed E-state index contributed by atoms with van der Waals surface area (Å²) >= 11 is 3.56. The number of carbonyl (C=O) groups excluding carboxylic acids is 1. The van der Waals surface area contributed by atoms with Crippen LogP contribution >= 0.6 is 12.6 Å². The number of benzene rings is 1. The van der Waals surface area contributed by atoms with Gasteiger partial charge < -0.3 is 5.11 Å². The van der Waals surface area contributed by atoms with Gasteiger partial charge in [0.15, 0.2) is 0 Å². The predicted molar refractivity (Wildman–Crippen MR) is 51.4 cm³/mol. The maximum atomic E-state index is 10.6. The van der Waals surface area contributed by atoms with Crippen LogP contribution in [-0.4, -0.2) is 36.4 Å². The first-order chi connectivity index (χ1) is 4.72.